The van der Waals surface area contributed by atoms with Crippen molar-refractivity contribution in [3.05, 3.63) is 30.3 Å². The van der Waals surface area contributed by atoms with E-state index in [4.69, 9.17) is 10.8 Å². The minimum Gasteiger partial charge on any atom is -0.480 e. The normalized spacial score (nSPS) is 13.8. The van der Waals surface area contributed by atoms with Gasteiger partial charge in [-0.1, -0.05) is 31.5 Å². The lowest BCUT2D eigenvalue weighted by Crippen LogP contribution is -2.47. The van der Waals surface area contributed by atoms with Gasteiger partial charge in [0.25, 0.3) is 0 Å². The Kier molecular flexibility index (Phi) is 5.83. The zero-order valence-corrected chi connectivity index (χ0v) is 11.8. The van der Waals surface area contributed by atoms with Crippen LogP contribution in [0.1, 0.15) is 33.1 Å². The van der Waals surface area contributed by atoms with Gasteiger partial charge in [0, 0.05) is 18.8 Å². The second kappa shape index (κ2) is 7.14. The van der Waals surface area contributed by atoms with Gasteiger partial charge in [-0.05, 0) is 31.9 Å². The first-order chi connectivity index (χ1) is 8.97. The van der Waals surface area contributed by atoms with Gasteiger partial charge in [0.15, 0.2) is 0 Å². The van der Waals surface area contributed by atoms with Crippen LogP contribution in [0.2, 0.25) is 0 Å². The number of carboxylic acids is 1. The Morgan fingerprint density at radius 3 is 2.47 bits per heavy atom. The molecule has 106 valence electrons. The Hall–Kier alpha value is -1.55. The lowest BCUT2D eigenvalue weighted by atomic mass is 9.99. The molecule has 1 aromatic rings. The maximum absolute atomic E-state index is 11.0. The van der Waals surface area contributed by atoms with Crippen LogP contribution in [0, 0.1) is 0 Å². The standard InChI is InChI=1S/C15H24N2O2/c1-3-4-11-17(13-8-6-5-7-9-13)12-10-15(2,16)14(18)19/h5-9H,3-4,10-12,16H2,1-2H3,(H,18,19). The maximum atomic E-state index is 11.0. The molecule has 0 saturated carbocycles. The molecule has 1 aromatic carbocycles. The number of anilines is 1. The number of hydrogen-bond acceptors (Lipinski definition) is 3. The molecule has 1 rings (SSSR count). The van der Waals surface area contributed by atoms with E-state index >= 15 is 0 Å². The molecule has 0 aromatic heterocycles. The van der Waals surface area contributed by atoms with E-state index in [2.05, 4.69) is 11.8 Å². The topological polar surface area (TPSA) is 66.6 Å². The fraction of sp³-hybridized carbons (Fsp3) is 0.533. The highest BCUT2D eigenvalue weighted by atomic mass is 16.4. The molecule has 0 spiro atoms. The predicted molar refractivity (Wildman–Crippen MR) is 78.4 cm³/mol. The van der Waals surface area contributed by atoms with Crippen molar-refractivity contribution in [1.82, 2.24) is 0 Å². The second-order valence-corrected chi connectivity index (χ2v) is 5.15. The molecule has 1 atom stereocenters. The third kappa shape index (κ3) is 4.91. The molecule has 4 heteroatoms. The number of benzene rings is 1. The van der Waals surface area contributed by atoms with Gasteiger partial charge in [0.05, 0.1) is 0 Å². The highest BCUT2D eigenvalue weighted by Crippen LogP contribution is 2.17. The highest BCUT2D eigenvalue weighted by Gasteiger charge is 2.28. The molecule has 0 aliphatic rings. The van der Waals surface area contributed by atoms with Crippen LogP contribution >= 0.6 is 0 Å². The summed E-state index contributed by atoms with van der Waals surface area (Å²) >= 11 is 0. The van der Waals surface area contributed by atoms with E-state index in [-0.39, 0.29) is 0 Å². The second-order valence-electron chi connectivity index (χ2n) is 5.15. The van der Waals surface area contributed by atoms with Crippen LogP contribution in [0.5, 0.6) is 0 Å². The van der Waals surface area contributed by atoms with Crippen LogP contribution in [0.3, 0.4) is 0 Å². The van der Waals surface area contributed by atoms with E-state index < -0.39 is 11.5 Å². The van der Waals surface area contributed by atoms with Crippen molar-refractivity contribution in [3.8, 4) is 0 Å². The monoisotopic (exact) mass is 264 g/mol. The smallest absolute Gasteiger partial charge is 0.323 e. The number of para-hydroxylation sites is 1. The van der Waals surface area contributed by atoms with Crippen molar-refractivity contribution in [2.45, 2.75) is 38.6 Å². The molecule has 0 saturated heterocycles. The summed E-state index contributed by atoms with van der Waals surface area (Å²) < 4.78 is 0. The van der Waals surface area contributed by atoms with Gasteiger partial charge >= 0.3 is 5.97 Å². The van der Waals surface area contributed by atoms with Crippen LogP contribution in [0.15, 0.2) is 30.3 Å². The number of nitrogens with two attached hydrogens (primary N) is 1. The lowest BCUT2D eigenvalue weighted by Gasteiger charge is -2.28. The SMILES string of the molecule is CCCCN(CCC(C)(N)C(=O)O)c1ccccc1. The van der Waals surface area contributed by atoms with E-state index in [9.17, 15) is 4.79 Å². The lowest BCUT2D eigenvalue weighted by molar-refractivity contribution is -0.142. The van der Waals surface area contributed by atoms with E-state index in [1.165, 1.54) is 0 Å². The summed E-state index contributed by atoms with van der Waals surface area (Å²) in [5.41, 5.74) is 5.74. The van der Waals surface area contributed by atoms with Crippen molar-refractivity contribution in [2.75, 3.05) is 18.0 Å². The molecule has 19 heavy (non-hydrogen) atoms. The van der Waals surface area contributed by atoms with Crippen molar-refractivity contribution >= 4 is 11.7 Å². The molecule has 0 fully saturated rings. The highest BCUT2D eigenvalue weighted by molar-refractivity contribution is 5.77. The molecule has 0 aliphatic heterocycles. The largest absolute Gasteiger partial charge is 0.480 e. The first-order valence-electron chi connectivity index (χ1n) is 6.79. The van der Waals surface area contributed by atoms with Gasteiger partial charge in [0.2, 0.25) is 0 Å². The number of aliphatic carboxylic acids is 1. The molecule has 0 heterocycles. The fourth-order valence-electron chi connectivity index (χ4n) is 1.83. The van der Waals surface area contributed by atoms with Crippen LogP contribution < -0.4 is 10.6 Å². The number of rotatable bonds is 8. The van der Waals surface area contributed by atoms with Gasteiger partial charge in [-0.25, -0.2) is 0 Å². The van der Waals surface area contributed by atoms with Crippen molar-refractivity contribution in [2.24, 2.45) is 5.73 Å². The Morgan fingerprint density at radius 2 is 1.95 bits per heavy atom. The third-order valence-corrected chi connectivity index (χ3v) is 3.29. The molecule has 0 bridgehead atoms. The van der Waals surface area contributed by atoms with Gasteiger partial charge < -0.3 is 15.7 Å². The van der Waals surface area contributed by atoms with Gasteiger partial charge in [-0.2, -0.15) is 0 Å². The number of nitrogens with zero attached hydrogens (tertiary/aromatic N) is 1. The van der Waals surface area contributed by atoms with Crippen molar-refractivity contribution in [3.63, 3.8) is 0 Å². The van der Waals surface area contributed by atoms with Gasteiger partial charge in [-0.15, -0.1) is 0 Å². The Labute approximate surface area is 115 Å². The van der Waals surface area contributed by atoms with Crippen LogP contribution in [0.25, 0.3) is 0 Å². The fourth-order valence-corrected chi connectivity index (χ4v) is 1.83. The summed E-state index contributed by atoms with van der Waals surface area (Å²) in [4.78, 5) is 13.2. The summed E-state index contributed by atoms with van der Waals surface area (Å²) in [7, 11) is 0. The minimum absolute atomic E-state index is 0.431. The molecule has 0 amide bonds. The number of carboxylic acid groups (broad SMARTS) is 1. The molecule has 0 radical (unpaired) electrons. The third-order valence-electron chi connectivity index (χ3n) is 3.29. The molecule has 1 unspecified atom stereocenters. The molecular formula is C15H24N2O2. The van der Waals surface area contributed by atoms with E-state index in [1.54, 1.807) is 6.92 Å². The quantitative estimate of drug-likeness (QED) is 0.757. The maximum Gasteiger partial charge on any atom is 0.323 e. The zero-order chi connectivity index (χ0) is 14.3. The van der Waals surface area contributed by atoms with Gasteiger partial charge in [-0.3, -0.25) is 4.79 Å². The van der Waals surface area contributed by atoms with Gasteiger partial charge in [0.1, 0.15) is 5.54 Å². The Morgan fingerprint density at radius 1 is 1.32 bits per heavy atom. The average Bonchev–Trinajstić information content (AvgIpc) is 2.39. The van der Waals surface area contributed by atoms with Crippen molar-refractivity contribution < 1.29 is 9.90 Å². The zero-order valence-electron chi connectivity index (χ0n) is 11.8. The summed E-state index contributed by atoms with van der Waals surface area (Å²) in [6.45, 7) is 5.30. The Balaban J connectivity index is 2.68. The number of unbranched alkanes of at least 4 members (excludes halogenated alkanes) is 1. The first kappa shape index (κ1) is 15.5. The molecular weight excluding hydrogens is 240 g/mol. The minimum atomic E-state index is -1.17. The molecule has 4 nitrogen and oxygen atoms in total. The van der Waals surface area contributed by atoms with Crippen LogP contribution in [-0.2, 0) is 4.79 Å². The molecule has 3 N–H and O–H groups in total. The number of hydrogen-bond donors (Lipinski definition) is 2. The van der Waals surface area contributed by atoms with Crippen LogP contribution in [-0.4, -0.2) is 29.7 Å². The first-order valence-corrected chi connectivity index (χ1v) is 6.79. The summed E-state index contributed by atoms with van der Waals surface area (Å²) in [6.07, 6.45) is 2.63. The van der Waals surface area contributed by atoms with Crippen molar-refractivity contribution in [1.29, 1.82) is 0 Å². The number of carbonyl (C=O) groups is 1. The summed E-state index contributed by atoms with van der Waals surface area (Å²) in [5, 5.41) is 9.06. The summed E-state index contributed by atoms with van der Waals surface area (Å²) in [5.74, 6) is -0.948. The van der Waals surface area contributed by atoms with Crippen LogP contribution in [0.4, 0.5) is 5.69 Å². The average molecular weight is 264 g/mol. The predicted octanol–water partition coefficient (Wildman–Crippen LogP) is 2.49. The van der Waals surface area contributed by atoms with E-state index in [0.717, 1.165) is 25.1 Å². The van der Waals surface area contributed by atoms with E-state index in [0.29, 0.717) is 13.0 Å². The Bertz CT molecular complexity index is 390. The van der Waals surface area contributed by atoms with E-state index in [1.807, 2.05) is 30.3 Å². The molecule has 0 aliphatic carbocycles. The summed E-state index contributed by atoms with van der Waals surface area (Å²) in [6, 6.07) is 10.1.